The first-order chi connectivity index (χ1) is 8.65. The number of aliphatic hydroxyl groups excluding tert-OH is 1. The summed E-state index contributed by atoms with van der Waals surface area (Å²) in [5, 5.41) is 11.7. The molecular weight excluding hydrogens is 343 g/mol. The Balaban J connectivity index is 2.51. The number of amides is 1. The van der Waals surface area contributed by atoms with Gasteiger partial charge in [-0.1, -0.05) is 12.1 Å². The number of benzene rings is 1. The molecule has 0 aromatic heterocycles. The van der Waals surface area contributed by atoms with Crippen molar-refractivity contribution in [1.82, 2.24) is 4.90 Å². The van der Waals surface area contributed by atoms with Gasteiger partial charge in [0.05, 0.1) is 13.2 Å². The number of nitrogens with one attached hydrogen (secondary N) is 1. The summed E-state index contributed by atoms with van der Waals surface area (Å²) in [4.78, 5) is 13.6. The second kappa shape index (κ2) is 8.23. The van der Waals surface area contributed by atoms with Gasteiger partial charge in [0, 0.05) is 22.3 Å². The van der Waals surface area contributed by atoms with Crippen molar-refractivity contribution in [2.45, 2.75) is 0 Å². The molecule has 0 aliphatic rings. The average molecular weight is 360 g/mol. The molecule has 0 atom stereocenters. The number of aliphatic hydroxyl groups is 1. The fourth-order valence-corrected chi connectivity index (χ4v) is 2.07. The second-order valence-electron chi connectivity index (χ2n) is 3.81. The van der Waals surface area contributed by atoms with Crippen molar-refractivity contribution in [1.29, 1.82) is 0 Å². The molecule has 1 aromatic rings. The number of carbonyl (C=O) groups excluding carboxylic acids is 1. The standard InChI is InChI=1S/C13H17IN2O2/c1-2-6-16(7-8-17)10-13(18)15-12-5-3-4-11(14)9-12/h2-5,9,17H,1,6-8,10H2,(H,15,18). The van der Waals surface area contributed by atoms with Gasteiger partial charge in [0.1, 0.15) is 0 Å². The summed E-state index contributed by atoms with van der Waals surface area (Å²) < 4.78 is 1.07. The summed E-state index contributed by atoms with van der Waals surface area (Å²) in [5.41, 5.74) is 0.787. The Kier molecular flexibility index (Phi) is 6.92. The van der Waals surface area contributed by atoms with Gasteiger partial charge in [-0.05, 0) is 40.8 Å². The Hall–Kier alpha value is -0.920. The molecule has 0 aliphatic carbocycles. The SMILES string of the molecule is C=CCN(CCO)CC(=O)Nc1cccc(I)c1. The zero-order valence-electron chi connectivity index (χ0n) is 10.1. The highest BCUT2D eigenvalue weighted by atomic mass is 127. The molecule has 0 spiro atoms. The number of carbonyl (C=O) groups is 1. The summed E-state index contributed by atoms with van der Waals surface area (Å²) in [6, 6.07) is 7.62. The first-order valence-electron chi connectivity index (χ1n) is 5.65. The van der Waals surface area contributed by atoms with Crippen molar-refractivity contribution in [2.24, 2.45) is 0 Å². The van der Waals surface area contributed by atoms with Crippen LogP contribution in [-0.2, 0) is 4.79 Å². The van der Waals surface area contributed by atoms with Crippen molar-refractivity contribution in [3.05, 3.63) is 40.5 Å². The second-order valence-corrected chi connectivity index (χ2v) is 5.05. The zero-order chi connectivity index (χ0) is 13.4. The van der Waals surface area contributed by atoms with Crippen LogP contribution in [0, 0.1) is 3.57 Å². The summed E-state index contributed by atoms with van der Waals surface area (Å²) in [6.07, 6.45) is 1.72. The van der Waals surface area contributed by atoms with Crippen LogP contribution in [0.5, 0.6) is 0 Å². The summed E-state index contributed by atoms with van der Waals surface area (Å²) >= 11 is 2.20. The van der Waals surface area contributed by atoms with E-state index in [2.05, 4.69) is 34.5 Å². The molecule has 2 N–H and O–H groups in total. The van der Waals surface area contributed by atoms with Gasteiger partial charge in [-0.3, -0.25) is 9.69 Å². The maximum atomic E-state index is 11.8. The van der Waals surface area contributed by atoms with Crippen molar-refractivity contribution in [3.63, 3.8) is 0 Å². The molecule has 0 radical (unpaired) electrons. The lowest BCUT2D eigenvalue weighted by Gasteiger charge is -2.18. The smallest absolute Gasteiger partial charge is 0.238 e. The quantitative estimate of drug-likeness (QED) is 0.575. The number of hydrogen-bond acceptors (Lipinski definition) is 3. The van der Waals surface area contributed by atoms with Crippen molar-refractivity contribution < 1.29 is 9.90 Å². The monoisotopic (exact) mass is 360 g/mol. The van der Waals surface area contributed by atoms with E-state index in [-0.39, 0.29) is 19.1 Å². The highest BCUT2D eigenvalue weighted by molar-refractivity contribution is 14.1. The fraction of sp³-hybridized carbons (Fsp3) is 0.308. The van der Waals surface area contributed by atoms with Gasteiger partial charge in [-0.25, -0.2) is 0 Å². The van der Waals surface area contributed by atoms with Gasteiger partial charge < -0.3 is 10.4 Å². The van der Waals surface area contributed by atoms with Crippen LogP contribution in [0.25, 0.3) is 0 Å². The molecule has 0 fully saturated rings. The lowest BCUT2D eigenvalue weighted by molar-refractivity contribution is -0.117. The predicted octanol–water partition coefficient (Wildman–Crippen LogP) is 1.71. The minimum Gasteiger partial charge on any atom is -0.395 e. The number of nitrogens with zero attached hydrogens (tertiary/aromatic N) is 1. The minimum atomic E-state index is -0.0905. The minimum absolute atomic E-state index is 0.0321. The zero-order valence-corrected chi connectivity index (χ0v) is 12.3. The normalized spacial score (nSPS) is 10.4. The van der Waals surface area contributed by atoms with Crippen LogP contribution in [0.15, 0.2) is 36.9 Å². The van der Waals surface area contributed by atoms with E-state index in [0.29, 0.717) is 13.1 Å². The van der Waals surface area contributed by atoms with Crippen molar-refractivity contribution in [2.75, 3.05) is 31.6 Å². The van der Waals surface area contributed by atoms with Crippen LogP contribution in [0.2, 0.25) is 0 Å². The molecule has 0 unspecified atom stereocenters. The Morgan fingerprint density at radius 2 is 2.33 bits per heavy atom. The molecule has 4 nitrogen and oxygen atoms in total. The van der Waals surface area contributed by atoms with E-state index in [1.165, 1.54) is 0 Å². The molecule has 0 saturated heterocycles. The van der Waals surface area contributed by atoms with Gasteiger partial charge in [0.25, 0.3) is 0 Å². The summed E-state index contributed by atoms with van der Waals surface area (Å²) in [7, 11) is 0. The number of hydrogen-bond donors (Lipinski definition) is 2. The van der Waals surface area contributed by atoms with Crippen LogP contribution in [0.3, 0.4) is 0 Å². The van der Waals surface area contributed by atoms with Crippen LogP contribution in [0.1, 0.15) is 0 Å². The van der Waals surface area contributed by atoms with E-state index in [1.54, 1.807) is 6.08 Å². The van der Waals surface area contributed by atoms with Gasteiger partial charge >= 0.3 is 0 Å². The molecule has 0 heterocycles. The van der Waals surface area contributed by atoms with E-state index in [4.69, 9.17) is 5.11 Å². The lowest BCUT2D eigenvalue weighted by Crippen LogP contribution is -2.35. The maximum absolute atomic E-state index is 11.8. The van der Waals surface area contributed by atoms with Gasteiger partial charge in [0.15, 0.2) is 0 Å². The Labute approximate surface area is 121 Å². The molecule has 1 amide bonds. The highest BCUT2D eigenvalue weighted by Crippen LogP contribution is 2.12. The van der Waals surface area contributed by atoms with Crippen LogP contribution in [0.4, 0.5) is 5.69 Å². The predicted molar refractivity (Wildman–Crippen MR) is 81.5 cm³/mol. The van der Waals surface area contributed by atoms with E-state index in [9.17, 15) is 4.79 Å². The molecule has 0 bridgehead atoms. The van der Waals surface area contributed by atoms with Crippen LogP contribution in [-0.4, -0.2) is 42.2 Å². The Bertz CT molecular complexity index is 410. The Morgan fingerprint density at radius 1 is 1.56 bits per heavy atom. The lowest BCUT2D eigenvalue weighted by atomic mass is 10.3. The van der Waals surface area contributed by atoms with E-state index in [0.717, 1.165) is 9.26 Å². The molecule has 0 aliphatic heterocycles. The maximum Gasteiger partial charge on any atom is 0.238 e. The number of rotatable bonds is 7. The first kappa shape index (κ1) is 15.1. The topological polar surface area (TPSA) is 52.6 Å². The van der Waals surface area contributed by atoms with Crippen LogP contribution < -0.4 is 5.32 Å². The molecule has 98 valence electrons. The molecule has 18 heavy (non-hydrogen) atoms. The third-order valence-electron chi connectivity index (χ3n) is 2.28. The average Bonchev–Trinajstić information content (AvgIpc) is 2.29. The van der Waals surface area contributed by atoms with Gasteiger partial charge in [-0.2, -0.15) is 0 Å². The molecule has 5 heteroatoms. The molecule has 1 rings (SSSR count). The van der Waals surface area contributed by atoms with E-state index >= 15 is 0 Å². The molecular formula is C13H17IN2O2. The van der Waals surface area contributed by atoms with Crippen molar-refractivity contribution in [3.8, 4) is 0 Å². The van der Waals surface area contributed by atoms with E-state index in [1.807, 2.05) is 29.2 Å². The van der Waals surface area contributed by atoms with Crippen LogP contribution >= 0.6 is 22.6 Å². The third kappa shape index (κ3) is 5.61. The largest absolute Gasteiger partial charge is 0.395 e. The molecule has 0 saturated carbocycles. The third-order valence-corrected chi connectivity index (χ3v) is 2.95. The first-order valence-corrected chi connectivity index (χ1v) is 6.73. The Morgan fingerprint density at radius 3 is 2.94 bits per heavy atom. The summed E-state index contributed by atoms with van der Waals surface area (Å²) in [6.45, 7) is 4.96. The van der Waals surface area contributed by atoms with Gasteiger partial charge in [-0.15, -0.1) is 6.58 Å². The fourth-order valence-electron chi connectivity index (χ4n) is 1.53. The summed E-state index contributed by atoms with van der Waals surface area (Å²) in [5.74, 6) is -0.0905. The number of halogens is 1. The van der Waals surface area contributed by atoms with Crippen molar-refractivity contribution >= 4 is 34.2 Å². The highest BCUT2D eigenvalue weighted by Gasteiger charge is 2.09. The number of anilines is 1. The molecule has 1 aromatic carbocycles. The van der Waals surface area contributed by atoms with Gasteiger partial charge in [0.2, 0.25) is 5.91 Å². The van der Waals surface area contributed by atoms with E-state index < -0.39 is 0 Å².